The Hall–Kier alpha value is -3.57. The third kappa shape index (κ3) is 6.11. The summed E-state index contributed by atoms with van der Waals surface area (Å²) in [6, 6.07) is 21.2. The molecule has 1 aliphatic rings. The zero-order chi connectivity index (χ0) is 25.1. The smallest absolute Gasteiger partial charge is 0.255 e. The largest absolute Gasteiger partial charge is 0.497 e. The molecule has 0 spiro atoms. The van der Waals surface area contributed by atoms with Crippen LogP contribution in [0.4, 0.5) is 5.69 Å². The maximum Gasteiger partial charge on any atom is 0.255 e. The van der Waals surface area contributed by atoms with Crippen molar-refractivity contribution in [2.45, 2.75) is 45.3 Å². The zero-order valence-electron chi connectivity index (χ0n) is 21.1. The number of rotatable bonds is 7. The van der Waals surface area contributed by atoms with Crippen molar-refractivity contribution in [3.05, 3.63) is 95.1 Å². The van der Waals surface area contributed by atoms with Crippen LogP contribution in [0, 0.1) is 0 Å². The van der Waals surface area contributed by atoms with Gasteiger partial charge in [-0.15, -0.1) is 0 Å². The van der Waals surface area contributed by atoms with Gasteiger partial charge in [0.25, 0.3) is 5.91 Å². The van der Waals surface area contributed by atoms with Gasteiger partial charge in [-0.25, -0.2) is 0 Å². The number of nitrogens with one attached hydrogen (secondary N) is 1. The minimum atomic E-state index is -0.563. The fourth-order valence-electron chi connectivity index (χ4n) is 3.90. The molecule has 1 amide bonds. The van der Waals surface area contributed by atoms with Crippen LogP contribution in [-0.2, 0) is 16.8 Å². The first kappa shape index (κ1) is 24.6. The molecular weight excluding hydrogens is 438 g/mol. The van der Waals surface area contributed by atoms with Crippen molar-refractivity contribution >= 4 is 17.7 Å². The summed E-state index contributed by atoms with van der Waals surface area (Å²) in [5, 5.41) is 2.94. The molecule has 35 heavy (non-hydrogen) atoms. The molecule has 0 saturated heterocycles. The molecule has 0 fully saturated rings. The number of amides is 1. The minimum absolute atomic E-state index is 0.138. The van der Waals surface area contributed by atoms with Gasteiger partial charge in [0.05, 0.1) is 20.3 Å². The van der Waals surface area contributed by atoms with Crippen molar-refractivity contribution in [2.24, 2.45) is 0 Å². The molecule has 1 atom stereocenters. The fraction of sp³-hybridized carbons (Fsp3) is 0.300. The van der Waals surface area contributed by atoms with E-state index >= 15 is 0 Å². The highest BCUT2D eigenvalue weighted by Gasteiger charge is 2.28. The zero-order valence-corrected chi connectivity index (χ0v) is 21.1. The Morgan fingerprint density at radius 1 is 1.00 bits per heavy atom. The SMILES string of the molecule is COc1ccc(C(=O)Nc2ccc3c(c2)C=CC(C)(COCc2ccc(C(C)(C)C)cc2)O3)cc1. The Morgan fingerprint density at radius 3 is 2.37 bits per heavy atom. The molecule has 0 aliphatic carbocycles. The second-order valence-electron chi connectivity index (χ2n) is 10.1. The summed E-state index contributed by atoms with van der Waals surface area (Å²) in [6.07, 6.45) is 4.02. The number of hydrogen-bond donors (Lipinski definition) is 1. The van der Waals surface area contributed by atoms with Gasteiger partial charge in [-0.3, -0.25) is 4.79 Å². The summed E-state index contributed by atoms with van der Waals surface area (Å²) in [7, 11) is 1.60. The van der Waals surface area contributed by atoms with Gasteiger partial charge in [0.1, 0.15) is 17.1 Å². The molecule has 0 saturated carbocycles. The molecule has 3 aromatic rings. The Morgan fingerprint density at radius 2 is 1.71 bits per heavy atom. The van der Waals surface area contributed by atoms with E-state index in [0.29, 0.717) is 30.2 Å². The molecule has 182 valence electrons. The van der Waals surface area contributed by atoms with E-state index in [-0.39, 0.29) is 11.3 Å². The minimum Gasteiger partial charge on any atom is -0.497 e. The van der Waals surface area contributed by atoms with Gasteiger partial charge >= 0.3 is 0 Å². The maximum absolute atomic E-state index is 12.6. The number of carbonyl (C=O) groups is 1. The summed E-state index contributed by atoms with van der Waals surface area (Å²) < 4.78 is 17.4. The Bertz CT molecular complexity index is 1210. The van der Waals surface area contributed by atoms with Crippen molar-refractivity contribution in [1.82, 2.24) is 0 Å². The van der Waals surface area contributed by atoms with Crippen LogP contribution < -0.4 is 14.8 Å². The Labute approximate surface area is 207 Å². The van der Waals surface area contributed by atoms with Crippen LogP contribution in [0.3, 0.4) is 0 Å². The normalized spacial score (nSPS) is 16.8. The van der Waals surface area contributed by atoms with Gasteiger partial charge in [-0.05, 0) is 72.0 Å². The lowest BCUT2D eigenvalue weighted by atomic mass is 9.87. The van der Waals surface area contributed by atoms with Crippen LogP contribution in [0.2, 0.25) is 0 Å². The number of anilines is 1. The third-order valence-electron chi connectivity index (χ3n) is 6.06. The van der Waals surface area contributed by atoms with Crippen LogP contribution in [0.15, 0.2) is 72.8 Å². The van der Waals surface area contributed by atoms with Gasteiger partial charge in [0.15, 0.2) is 0 Å². The first-order valence-electron chi connectivity index (χ1n) is 11.8. The van der Waals surface area contributed by atoms with E-state index < -0.39 is 5.60 Å². The van der Waals surface area contributed by atoms with Crippen LogP contribution in [0.25, 0.3) is 6.08 Å². The molecule has 0 aromatic heterocycles. The highest BCUT2D eigenvalue weighted by Crippen LogP contribution is 2.33. The van der Waals surface area contributed by atoms with Crippen LogP contribution in [0.5, 0.6) is 11.5 Å². The summed E-state index contributed by atoms with van der Waals surface area (Å²) in [5.74, 6) is 1.29. The van der Waals surface area contributed by atoms with E-state index in [1.807, 2.05) is 37.3 Å². The average Bonchev–Trinajstić information content (AvgIpc) is 2.84. The van der Waals surface area contributed by atoms with Crippen molar-refractivity contribution in [1.29, 1.82) is 0 Å². The summed E-state index contributed by atoms with van der Waals surface area (Å²) in [4.78, 5) is 12.6. The van der Waals surface area contributed by atoms with Crippen LogP contribution in [0.1, 0.15) is 54.7 Å². The summed E-state index contributed by atoms with van der Waals surface area (Å²) in [6.45, 7) is 9.60. The van der Waals surface area contributed by atoms with E-state index in [9.17, 15) is 4.79 Å². The van der Waals surface area contributed by atoms with Crippen molar-refractivity contribution in [3.63, 3.8) is 0 Å². The van der Waals surface area contributed by atoms with Gasteiger partial charge in [-0.2, -0.15) is 0 Å². The highest BCUT2D eigenvalue weighted by atomic mass is 16.5. The lowest BCUT2D eigenvalue weighted by Gasteiger charge is -2.31. The third-order valence-corrected chi connectivity index (χ3v) is 6.06. The van der Waals surface area contributed by atoms with E-state index in [2.05, 4.69) is 50.4 Å². The first-order valence-corrected chi connectivity index (χ1v) is 11.8. The number of benzene rings is 3. The molecule has 1 unspecified atom stereocenters. The van der Waals surface area contributed by atoms with E-state index in [4.69, 9.17) is 14.2 Å². The Kier molecular flexibility index (Phi) is 6.99. The monoisotopic (exact) mass is 471 g/mol. The number of ether oxygens (including phenoxy) is 3. The van der Waals surface area contributed by atoms with E-state index in [0.717, 1.165) is 16.9 Å². The predicted octanol–water partition coefficient (Wildman–Crippen LogP) is 6.63. The first-order chi connectivity index (χ1) is 16.6. The maximum atomic E-state index is 12.6. The lowest BCUT2D eigenvalue weighted by Crippen LogP contribution is -2.37. The fourth-order valence-corrected chi connectivity index (χ4v) is 3.90. The molecule has 1 aliphatic heterocycles. The second-order valence-corrected chi connectivity index (χ2v) is 10.1. The molecule has 5 nitrogen and oxygen atoms in total. The van der Waals surface area contributed by atoms with Crippen molar-refractivity contribution in [3.8, 4) is 11.5 Å². The molecule has 1 N–H and O–H groups in total. The van der Waals surface area contributed by atoms with Crippen molar-refractivity contribution in [2.75, 3.05) is 19.0 Å². The van der Waals surface area contributed by atoms with Gasteiger partial charge < -0.3 is 19.5 Å². The molecule has 1 heterocycles. The van der Waals surface area contributed by atoms with Crippen LogP contribution >= 0.6 is 0 Å². The predicted molar refractivity (Wildman–Crippen MR) is 140 cm³/mol. The molecule has 0 radical (unpaired) electrons. The van der Waals surface area contributed by atoms with E-state index in [1.54, 1.807) is 31.4 Å². The highest BCUT2D eigenvalue weighted by molar-refractivity contribution is 6.04. The van der Waals surface area contributed by atoms with Gasteiger partial charge in [0.2, 0.25) is 0 Å². The lowest BCUT2D eigenvalue weighted by molar-refractivity contribution is 0.00631. The number of methoxy groups -OCH3 is 1. The summed E-state index contributed by atoms with van der Waals surface area (Å²) >= 11 is 0. The van der Waals surface area contributed by atoms with Crippen LogP contribution in [-0.4, -0.2) is 25.2 Å². The quantitative estimate of drug-likeness (QED) is 0.420. The summed E-state index contributed by atoms with van der Waals surface area (Å²) in [5.41, 5.74) is 4.20. The molecule has 5 heteroatoms. The number of fused-ring (bicyclic) bond motifs is 1. The average molecular weight is 472 g/mol. The van der Waals surface area contributed by atoms with Gasteiger partial charge in [0, 0.05) is 16.8 Å². The van der Waals surface area contributed by atoms with Gasteiger partial charge in [-0.1, -0.05) is 51.1 Å². The molecule has 4 rings (SSSR count). The standard InChI is InChI=1S/C30H33NO4/c1-29(2,3)24-10-6-21(7-11-24)19-34-20-30(4)17-16-23-18-25(12-15-27(23)35-30)31-28(32)22-8-13-26(33-5)14-9-22/h6-18H,19-20H2,1-5H3,(H,31,32). The molecule has 0 bridgehead atoms. The van der Waals surface area contributed by atoms with Crippen molar-refractivity contribution < 1.29 is 19.0 Å². The van der Waals surface area contributed by atoms with E-state index in [1.165, 1.54) is 5.56 Å². The topological polar surface area (TPSA) is 56.8 Å². The number of hydrogen-bond acceptors (Lipinski definition) is 4. The molecule has 3 aromatic carbocycles. The second kappa shape index (κ2) is 9.96. The number of carbonyl (C=O) groups excluding carboxylic acids is 1. The Balaban J connectivity index is 1.34. The molecular formula is C30H33NO4.